The van der Waals surface area contributed by atoms with E-state index in [-0.39, 0.29) is 0 Å². The molecule has 9 nitrogen and oxygen atoms in total. The van der Waals surface area contributed by atoms with Crippen LogP contribution >= 0.6 is 0 Å². The van der Waals surface area contributed by atoms with Gasteiger partial charge in [-0.15, -0.1) is 0 Å². The van der Waals surface area contributed by atoms with Gasteiger partial charge >= 0.3 is 0 Å². The highest BCUT2D eigenvalue weighted by Crippen LogP contribution is 2.34. The molecule has 4 N–H and O–H groups in total. The Balaban J connectivity index is 1.48. The standard InChI is InChI=1S/C29H23N9/c1-3-18-13-33-28(24(18)22-9-5-7-11-31-22)37-26-20-15-30-16-21(20)27(36-17-35-26)38-29-25(19(4-2)14-34-29)23-10-6-8-12-32-23/h3-17,30,33-34H,1-2H2,(H,35,36,37,38). The third kappa shape index (κ3) is 4.07. The van der Waals surface area contributed by atoms with Crippen molar-refractivity contribution in [3.05, 3.63) is 110 Å². The Kier molecular flexibility index (Phi) is 5.91. The Morgan fingerprint density at radius 3 is 2.13 bits per heavy atom. The Hall–Kier alpha value is -5.57. The summed E-state index contributed by atoms with van der Waals surface area (Å²) in [5, 5.41) is 5.04. The number of fused-ring (bicyclic) bond motifs is 1. The van der Waals surface area contributed by atoms with E-state index in [1.165, 1.54) is 6.33 Å². The average Bonchev–Trinajstić information content (AvgIpc) is 3.69. The molecule has 0 fully saturated rings. The van der Waals surface area contributed by atoms with Crippen molar-refractivity contribution < 1.29 is 0 Å². The SMILES string of the molecule is C=Cc1c[nH]c(/N=c2\ncnc(Nc3[nH]cc(C=C)c3-c3ccccn3)c3c[nH]cc23)c1-c1ccccn1. The monoisotopic (exact) mass is 497 g/mol. The van der Waals surface area contributed by atoms with Gasteiger partial charge in [0.25, 0.3) is 0 Å². The number of hydrogen-bond acceptors (Lipinski definition) is 6. The van der Waals surface area contributed by atoms with Crippen molar-refractivity contribution in [2.45, 2.75) is 0 Å². The third-order valence-corrected chi connectivity index (χ3v) is 6.15. The molecule has 0 aliphatic heterocycles. The van der Waals surface area contributed by atoms with Crippen molar-refractivity contribution in [1.29, 1.82) is 0 Å². The van der Waals surface area contributed by atoms with Crippen molar-refractivity contribution in [1.82, 2.24) is 34.9 Å². The minimum Gasteiger partial charge on any atom is -0.366 e. The van der Waals surface area contributed by atoms with Crippen LogP contribution in [0.3, 0.4) is 0 Å². The van der Waals surface area contributed by atoms with Gasteiger partial charge in [-0.3, -0.25) is 9.97 Å². The minimum atomic E-state index is 0.500. The van der Waals surface area contributed by atoms with Gasteiger partial charge in [0.1, 0.15) is 23.8 Å². The highest BCUT2D eigenvalue weighted by Gasteiger charge is 2.16. The van der Waals surface area contributed by atoms with E-state index >= 15 is 0 Å². The molecule has 6 rings (SSSR count). The van der Waals surface area contributed by atoms with Gasteiger partial charge in [0.15, 0.2) is 5.49 Å². The summed E-state index contributed by atoms with van der Waals surface area (Å²) in [5.74, 6) is 1.98. The number of pyridine rings is 2. The fourth-order valence-corrected chi connectivity index (χ4v) is 4.38. The lowest BCUT2D eigenvalue weighted by atomic mass is 10.1. The second-order valence-corrected chi connectivity index (χ2v) is 8.37. The second kappa shape index (κ2) is 9.82. The first-order valence-corrected chi connectivity index (χ1v) is 11.9. The summed E-state index contributed by atoms with van der Waals surface area (Å²) in [5.41, 5.74) is 5.70. The Labute approximate surface area is 217 Å². The van der Waals surface area contributed by atoms with Gasteiger partial charge in [-0.1, -0.05) is 37.4 Å². The molecule has 0 aliphatic carbocycles. The van der Waals surface area contributed by atoms with Gasteiger partial charge in [-0.25, -0.2) is 15.0 Å². The molecule has 0 amide bonds. The van der Waals surface area contributed by atoms with Crippen molar-refractivity contribution in [3.63, 3.8) is 0 Å². The smallest absolute Gasteiger partial charge is 0.165 e. The Bertz CT molecular complexity index is 1830. The van der Waals surface area contributed by atoms with Crippen molar-refractivity contribution in [2.75, 3.05) is 5.32 Å². The maximum atomic E-state index is 4.88. The Morgan fingerprint density at radius 2 is 1.42 bits per heavy atom. The molecule has 0 atom stereocenters. The Morgan fingerprint density at radius 1 is 0.737 bits per heavy atom. The van der Waals surface area contributed by atoms with Crippen LogP contribution in [0, 0.1) is 0 Å². The van der Waals surface area contributed by atoms with Gasteiger partial charge in [0.2, 0.25) is 0 Å². The van der Waals surface area contributed by atoms with Crippen LogP contribution in [0.15, 0.2) is 98.1 Å². The second-order valence-electron chi connectivity index (χ2n) is 8.37. The maximum Gasteiger partial charge on any atom is 0.165 e. The van der Waals surface area contributed by atoms with E-state index in [2.05, 4.69) is 53.4 Å². The molecule has 0 radical (unpaired) electrons. The predicted octanol–water partition coefficient (Wildman–Crippen LogP) is 6.00. The van der Waals surface area contributed by atoms with Crippen molar-refractivity contribution >= 4 is 40.4 Å². The summed E-state index contributed by atoms with van der Waals surface area (Å²) < 4.78 is 0. The maximum absolute atomic E-state index is 4.88. The molecule has 0 bridgehead atoms. The van der Waals surface area contributed by atoms with Gasteiger partial charge in [-0.2, -0.15) is 0 Å². The fraction of sp³-hybridized carbons (Fsp3) is 0. The molecule has 9 heteroatoms. The highest BCUT2D eigenvalue weighted by atomic mass is 15.1. The first kappa shape index (κ1) is 22.9. The summed E-state index contributed by atoms with van der Waals surface area (Å²) in [6.45, 7) is 7.88. The van der Waals surface area contributed by atoms with Crippen LogP contribution in [-0.4, -0.2) is 34.9 Å². The molecule has 6 aromatic heterocycles. The zero-order valence-electron chi connectivity index (χ0n) is 20.3. The van der Waals surface area contributed by atoms with E-state index < -0.39 is 0 Å². The van der Waals surface area contributed by atoms with Gasteiger partial charge in [0, 0.05) is 64.6 Å². The zero-order valence-corrected chi connectivity index (χ0v) is 20.3. The van der Waals surface area contributed by atoms with E-state index in [9.17, 15) is 0 Å². The van der Waals surface area contributed by atoms with E-state index in [1.807, 2.05) is 61.2 Å². The lowest BCUT2D eigenvalue weighted by molar-refractivity contribution is 1.12. The van der Waals surface area contributed by atoms with Crippen LogP contribution in [0.4, 0.5) is 17.5 Å². The van der Waals surface area contributed by atoms with Crippen LogP contribution in [0.1, 0.15) is 11.1 Å². The van der Waals surface area contributed by atoms with Crippen LogP contribution in [0.2, 0.25) is 0 Å². The number of anilines is 2. The van der Waals surface area contributed by atoms with Crippen LogP contribution < -0.4 is 10.8 Å². The minimum absolute atomic E-state index is 0.500. The molecule has 38 heavy (non-hydrogen) atoms. The molecule has 6 aromatic rings. The third-order valence-electron chi connectivity index (χ3n) is 6.15. The first-order valence-electron chi connectivity index (χ1n) is 11.9. The summed E-state index contributed by atoms with van der Waals surface area (Å²) >= 11 is 0. The molecule has 184 valence electrons. The largest absolute Gasteiger partial charge is 0.366 e. The van der Waals surface area contributed by atoms with Gasteiger partial charge < -0.3 is 20.3 Å². The van der Waals surface area contributed by atoms with Crippen molar-refractivity contribution in [2.24, 2.45) is 4.99 Å². The summed E-state index contributed by atoms with van der Waals surface area (Å²) in [6, 6.07) is 11.6. The summed E-state index contributed by atoms with van der Waals surface area (Å²) in [4.78, 5) is 32.8. The molecule has 0 saturated heterocycles. The molecule has 0 unspecified atom stereocenters. The topological polar surface area (TPSA) is 123 Å². The number of aromatic nitrogens is 7. The average molecular weight is 498 g/mol. The number of nitrogens with one attached hydrogen (secondary N) is 4. The predicted molar refractivity (Wildman–Crippen MR) is 151 cm³/mol. The summed E-state index contributed by atoms with van der Waals surface area (Å²) in [7, 11) is 0. The number of H-pyrrole nitrogens is 3. The lowest BCUT2D eigenvalue weighted by Gasteiger charge is -2.07. The first-order chi connectivity index (χ1) is 18.8. The van der Waals surface area contributed by atoms with E-state index in [4.69, 9.17) is 4.99 Å². The number of nitrogens with zero attached hydrogens (tertiary/aromatic N) is 5. The van der Waals surface area contributed by atoms with E-state index in [1.54, 1.807) is 24.5 Å². The zero-order chi connectivity index (χ0) is 25.9. The van der Waals surface area contributed by atoms with Gasteiger partial charge in [-0.05, 0) is 24.3 Å². The van der Waals surface area contributed by atoms with Gasteiger partial charge in [0.05, 0.1) is 17.0 Å². The molecular formula is C29H23N9. The fourth-order valence-electron chi connectivity index (χ4n) is 4.38. The van der Waals surface area contributed by atoms with Crippen LogP contribution in [0.5, 0.6) is 0 Å². The molecule has 6 heterocycles. The lowest BCUT2D eigenvalue weighted by Crippen LogP contribution is -2.04. The molecule has 0 spiro atoms. The van der Waals surface area contributed by atoms with Crippen molar-refractivity contribution in [3.8, 4) is 22.5 Å². The molecule has 0 saturated carbocycles. The van der Waals surface area contributed by atoms with Crippen LogP contribution in [0.25, 0.3) is 45.4 Å². The molecule has 0 aromatic carbocycles. The number of aromatic amines is 3. The molecular weight excluding hydrogens is 474 g/mol. The number of hydrogen-bond donors (Lipinski definition) is 4. The van der Waals surface area contributed by atoms with E-state index in [0.717, 1.165) is 50.2 Å². The summed E-state index contributed by atoms with van der Waals surface area (Å²) in [6.07, 6.45) is 16.1. The number of rotatable bonds is 7. The van der Waals surface area contributed by atoms with Crippen LogP contribution in [-0.2, 0) is 0 Å². The normalized spacial score (nSPS) is 11.5. The van der Waals surface area contributed by atoms with E-state index in [0.29, 0.717) is 17.1 Å². The highest BCUT2D eigenvalue weighted by molar-refractivity contribution is 5.94. The quantitative estimate of drug-likeness (QED) is 0.215. The molecule has 0 aliphatic rings.